The van der Waals surface area contributed by atoms with E-state index in [9.17, 15) is 9.50 Å². The fourth-order valence-corrected chi connectivity index (χ4v) is 1.02. The molecule has 14 heavy (non-hydrogen) atoms. The highest BCUT2D eigenvalue weighted by Gasteiger charge is 2.16. The molecule has 2 N–H and O–H groups in total. The molecule has 0 saturated carbocycles. The number of hydrogen-bond acceptors (Lipinski definition) is 2. The lowest BCUT2D eigenvalue weighted by Crippen LogP contribution is -2.32. The maximum atomic E-state index is 12.8. The maximum absolute atomic E-state index is 12.8. The van der Waals surface area contributed by atoms with Gasteiger partial charge in [-0.05, 0) is 31.5 Å². The van der Waals surface area contributed by atoms with Gasteiger partial charge in [0, 0.05) is 12.2 Å². The van der Waals surface area contributed by atoms with Crippen LogP contribution in [0.3, 0.4) is 0 Å². The normalized spacial score (nSPS) is 14.9. The molecule has 0 saturated heterocycles. The largest absolute Gasteiger partial charge is 0.388 e. The van der Waals surface area contributed by atoms with Crippen molar-refractivity contribution < 1.29 is 9.50 Å². The summed E-state index contributed by atoms with van der Waals surface area (Å²) in [5.74, 6) is -0.272. The van der Waals surface area contributed by atoms with Crippen LogP contribution in [0.15, 0.2) is 24.3 Å². The lowest BCUT2D eigenvalue weighted by Gasteiger charge is -2.22. The Hall–Kier alpha value is -1.09. The van der Waals surface area contributed by atoms with Crippen LogP contribution in [0.1, 0.15) is 20.3 Å². The van der Waals surface area contributed by atoms with Crippen molar-refractivity contribution in [3.63, 3.8) is 0 Å². The second-order valence-corrected chi connectivity index (χ2v) is 3.71. The first-order valence-electron chi connectivity index (χ1n) is 4.75. The van der Waals surface area contributed by atoms with Crippen molar-refractivity contribution in [3.8, 4) is 0 Å². The predicted octanol–water partition coefficient (Wildman–Crippen LogP) is 2.40. The number of aliphatic hydroxyl groups is 1. The van der Waals surface area contributed by atoms with E-state index in [0.29, 0.717) is 18.7 Å². The molecule has 0 heterocycles. The van der Waals surface area contributed by atoms with Crippen LogP contribution < -0.4 is 5.32 Å². The van der Waals surface area contributed by atoms with E-state index in [1.54, 1.807) is 19.1 Å². The molecule has 0 amide bonds. The van der Waals surface area contributed by atoms with Gasteiger partial charge in [0.15, 0.2) is 0 Å². The zero-order valence-corrected chi connectivity index (χ0v) is 8.55. The van der Waals surface area contributed by atoms with Crippen molar-refractivity contribution in [2.45, 2.75) is 25.9 Å². The molecule has 0 radical (unpaired) electrons. The molecular weight excluding hydrogens is 181 g/mol. The summed E-state index contributed by atoms with van der Waals surface area (Å²) in [6.07, 6.45) is 0.662. The van der Waals surface area contributed by atoms with Gasteiger partial charge >= 0.3 is 0 Å². The van der Waals surface area contributed by atoms with E-state index in [1.807, 2.05) is 6.92 Å². The van der Waals surface area contributed by atoms with Crippen molar-refractivity contribution in [1.29, 1.82) is 0 Å². The molecule has 1 aromatic carbocycles. The van der Waals surface area contributed by atoms with E-state index >= 15 is 0 Å². The van der Waals surface area contributed by atoms with Gasteiger partial charge in [-0.3, -0.25) is 0 Å². The van der Waals surface area contributed by atoms with Crippen molar-refractivity contribution in [2.24, 2.45) is 0 Å². The molecule has 0 fully saturated rings. The Balaban J connectivity index is 2.54. The molecule has 0 aliphatic heterocycles. The highest BCUT2D eigenvalue weighted by Crippen LogP contribution is 2.13. The molecule has 0 aromatic heterocycles. The second-order valence-electron chi connectivity index (χ2n) is 3.71. The summed E-state index contributed by atoms with van der Waals surface area (Å²) < 4.78 is 12.8. The lowest BCUT2D eigenvalue weighted by molar-refractivity contribution is 0.0697. The van der Waals surface area contributed by atoms with Crippen LogP contribution in [0.25, 0.3) is 0 Å². The standard InChI is InChI=1S/C11H16FNO/c1-3-11(2,14)8-13-10-6-4-5-9(12)7-10/h4-7,13-14H,3,8H2,1-2H3. The predicted molar refractivity (Wildman–Crippen MR) is 55.8 cm³/mol. The van der Waals surface area contributed by atoms with Crippen molar-refractivity contribution in [2.75, 3.05) is 11.9 Å². The van der Waals surface area contributed by atoms with Gasteiger partial charge in [0.2, 0.25) is 0 Å². The molecule has 0 aliphatic rings. The third kappa shape index (κ3) is 3.34. The molecule has 78 valence electrons. The quantitative estimate of drug-likeness (QED) is 0.776. The van der Waals surface area contributed by atoms with E-state index in [1.165, 1.54) is 12.1 Å². The highest BCUT2D eigenvalue weighted by molar-refractivity contribution is 5.43. The van der Waals surface area contributed by atoms with E-state index < -0.39 is 5.60 Å². The van der Waals surface area contributed by atoms with E-state index in [-0.39, 0.29) is 5.82 Å². The van der Waals surface area contributed by atoms with Crippen LogP contribution >= 0.6 is 0 Å². The summed E-state index contributed by atoms with van der Waals surface area (Å²) in [6, 6.07) is 6.21. The van der Waals surface area contributed by atoms with E-state index in [4.69, 9.17) is 0 Å². The Morgan fingerprint density at radius 1 is 1.50 bits per heavy atom. The maximum Gasteiger partial charge on any atom is 0.125 e. The van der Waals surface area contributed by atoms with E-state index in [0.717, 1.165) is 0 Å². The first-order chi connectivity index (χ1) is 6.53. The number of halogens is 1. The number of rotatable bonds is 4. The molecule has 1 atom stereocenters. The van der Waals surface area contributed by atoms with Gasteiger partial charge < -0.3 is 10.4 Å². The lowest BCUT2D eigenvalue weighted by atomic mass is 10.0. The summed E-state index contributed by atoms with van der Waals surface area (Å²) in [4.78, 5) is 0. The van der Waals surface area contributed by atoms with Crippen molar-refractivity contribution in [1.82, 2.24) is 0 Å². The topological polar surface area (TPSA) is 32.3 Å². The third-order valence-corrected chi connectivity index (χ3v) is 2.26. The Morgan fingerprint density at radius 2 is 2.21 bits per heavy atom. The second kappa shape index (κ2) is 4.42. The monoisotopic (exact) mass is 197 g/mol. The minimum atomic E-state index is -0.744. The molecule has 1 aromatic rings. The first kappa shape index (κ1) is 11.0. The van der Waals surface area contributed by atoms with Crippen LogP contribution in [0.2, 0.25) is 0 Å². The molecule has 3 heteroatoms. The van der Waals surface area contributed by atoms with Crippen molar-refractivity contribution >= 4 is 5.69 Å². The summed E-state index contributed by atoms with van der Waals surface area (Å²) in [6.45, 7) is 4.08. The molecule has 1 rings (SSSR count). The zero-order valence-electron chi connectivity index (χ0n) is 8.55. The summed E-state index contributed by atoms with van der Waals surface area (Å²) in [5.41, 5.74) is -0.0505. The van der Waals surface area contributed by atoms with Gasteiger partial charge in [-0.25, -0.2) is 4.39 Å². The Morgan fingerprint density at radius 3 is 2.79 bits per heavy atom. The molecule has 0 aliphatic carbocycles. The molecular formula is C11H16FNO. The summed E-state index contributed by atoms with van der Waals surface area (Å²) in [5, 5.41) is 12.7. The van der Waals surface area contributed by atoms with Gasteiger partial charge in [0.1, 0.15) is 5.82 Å². The van der Waals surface area contributed by atoms with Crippen LogP contribution in [-0.4, -0.2) is 17.3 Å². The minimum Gasteiger partial charge on any atom is -0.388 e. The van der Waals surface area contributed by atoms with Crippen LogP contribution in [-0.2, 0) is 0 Å². The first-order valence-corrected chi connectivity index (χ1v) is 4.75. The SMILES string of the molecule is CCC(C)(O)CNc1cccc(F)c1. The summed E-state index contributed by atoms with van der Waals surface area (Å²) in [7, 11) is 0. The Kier molecular flexibility index (Phi) is 3.47. The third-order valence-electron chi connectivity index (χ3n) is 2.26. The highest BCUT2D eigenvalue weighted by atomic mass is 19.1. The molecule has 0 bridgehead atoms. The van der Waals surface area contributed by atoms with E-state index in [2.05, 4.69) is 5.32 Å². The van der Waals surface area contributed by atoms with Gasteiger partial charge in [-0.15, -0.1) is 0 Å². The van der Waals surface area contributed by atoms with Crippen LogP contribution in [0, 0.1) is 5.82 Å². The van der Waals surface area contributed by atoms with Crippen LogP contribution in [0.5, 0.6) is 0 Å². The molecule has 1 unspecified atom stereocenters. The van der Waals surface area contributed by atoms with Gasteiger partial charge in [0.25, 0.3) is 0 Å². The fourth-order valence-electron chi connectivity index (χ4n) is 1.02. The van der Waals surface area contributed by atoms with Crippen molar-refractivity contribution in [3.05, 3.63) is 30.1 Å². The average molecular weight is 197 g/mol. The fraction of sp³-hybridized carbons (Fsp3) is 0.455. The Bertz CT molecular complexity index is 299. The number of benzene rings is 1. The summed E-state index contributed by atoms with van der Waals surface area (Å²) >= 11 is 0. The average Bonchev–Trinajstić information content (AvgIpc) is 2.15. The number of anilines is 1. The van der Waals surface area contributed by atoms with Gasteiger partial charge in [0.05, 0.1) is 5.60 Å². The number of hydrogen-bond donors (Lipinski definition) is 2. The zero-order chi connectivity index (χ0) is 10.6. The van der Waals surface area contributed by atoms with Gasteiger partial charge in [-0.2, -0.15) is 0 Å². The van der Waals surface area contributed by atoms with Gasteiger partial charge in [-0.1, -0.05) is 13.0 Å². The Labute approximate surface area is 83.8 Å². The smallest absolute Gasteiger partial charge is 0.125 e. The minimum absolute atomic E-state index is 0.272. The van der Waals surface area contributed by atoms with Crippen LogP contribution in [0.4, 0.5) is 10.1 Å². The number of nitrogens with one attached hydrogen (secondary N) is 1. The molecule has 2 nitrogen and oxygen atoms in total. The molecule has 0 spiro atoms.